The Bertz CT molecular complexity index is 605. The molecule has 96 valence electrons. The Morgan fingerprint density at radius 1 is 1.28 bits per heavy atom. The summed E-state index contributed by atoms with van der Waals surface area (Å²) in [7, 11) is -1.97. The number of aromatic nitrogens is 3. The highest BCUT2D eigenvalue weighted by molar-refractivity contribution is 7.89. The van der Waals surface area contributed by atoms with Crippen LogP contribution < -0.4 is 0 Å². The molecule has 0 unspecified atom stereocenters. The molecule has 1 aromatic carbocycles. The van der Waals surface area contributed by atoms with Crippen molar-refractivity contribution in [3.8, 4) is 0 Å². The van der Waals surface area contributed by atoms with Crippen molar-refractivity contribution in [2.75, 3.05) is 7.05 Å². The van der Waals surface area contributed by atoms with E-state index in [0.717, 1.165) is 5.56 Å². The zero-order valence-electron chi connectivity index (χ0n) is 10.2. The third-order valence-corrected chi connectivity index (χ3v) is 4.38. The van der Waals surface area contributed by atoms with Gasteiger partial charge in [0.15, 0.2) is 0 Å². The molecule has 2 rings (SSSR count). The van der Waals surface area contributed by atoms with E-state index in [0.29, 0.717) is 5.82 Å². The molecule has 0 bridgehead atoms. The van der Waals surface area contributed by atoms with E-state index in [9.17, 15) is 8.42 Å². The summed E-state index contributed by atoms with van der Waals surface area (Å²) in [5, 5.41) is 6.32. The monoisotopic (exact) mass is 266 g/mol. The third kappa shape index (κ3) is 2.57. The van der Waals surface area contributed by atoms with E-state index in [4.69, 9.17) is 0 Å². The van der Waals surface area contributed by atoms with E-state index in [1.165, 1.54) is 17.7 Å². The number of benzene rings is 1. The standard InChI is InChI=1S/C11H14N4O2S/c1-9-3-5-10(6-4-9)18(16,17)15(2)7-11-12-8-13-14-11/h3-6,8H,7H2,1-2H3,(H,12,13,14). The average molecular weight is 266 g/mol. The lowest BCUT2D eigenvalue weighted by Crippen LogP contribution is -2.27. The number of H-pyrrole nitrogens is 1. The molecule has 1 N–H and O–H groups in total. The van der Waals surface area contributed by atoms with Gasteiger partial charge >= 0.3 is 0 Å². The molecule has 0 radical (unpaired) electrons. The minimum absolute atomic E-state index is 0.163. The van der Waals surface area contributed by atoms with Crippen LogP contribution in [0.15, 0.2) is 35.5 Å². The van der Waals surface area contributed by atoms with Crippen LogP contribution >= 0.6 is 0 Å². The SMILES string of the molecule is Cc1ccc(S(=O)(=O)N(C)Cc2ncn[nH]2)cc1. The minimum atomic E-state index is -3.49. The van der Waals surface area contributed by atoms with Gasteiger partial charge < -0.3 is 0 Å². The van der Waals surface area contributed by atoms with Crippen LogP contribution in [0.1, 0.15) is 11.4 Å². The number of aromatic amines is 1. The first-order valence-electron chi connectivity index (χ1n) is 5.37. The summed E-state index contributed by atoms with van der Waals surface area (Å²) in [5.41, 5.74) is 1.02. The van der Waals surface area contributed by atoms with Crippen LogP contribution in [-0.2, 0) is 16.6 Å². The molecule has 0 atom stereocenters. The maximum absolute atomic E-state index is 12.2. The molecule has 6 nitrogen and oxygen atoms in total. The average Bonchev–Trinajstić information content (AvgIpc) is 2.82. The fourth-order valence-corrected chi connectivity index (χ4v) is 2.63. The van der Waals surface area contributed by atoms with Gasteiger partial charge in [0.05, 0.1) is 11.4 Å². The molecule has 0 saturated carbocycles. The van der Waals surface area contributed by atoms with Crippen molar-refractivity contribution >= 4 is 10.0 Å². The topological polar surface area (TPSA) is 79.0 Å². The molecule has 0 fully saturated rings. The van der Waals surface area contributed by atoms with Gasteiger partial charge in [0.25, 0.3) is 0 Å². The Balaban J connectivity index is 2.22. The molecule has 0 spiro atoms. The lowest BCUT2D eigenvalue weighted by molar-refractivity contribution is 0.457. The molecule has 1 aromatic heterocycles. The van der Waals surface area contributed by atoms with E-state index in [1.807, 2.05) is 6.92 Å². The van der Waals surface area contributed by atoms with Gasteiger partial charge in [-0.3, -0.25) is 5.10 Å². The molecule has 0 saturated heterocycles. The zero-order valence-corrected chi connectivity index (χ0v) is 11.0. The van der Waals surface area contributed by atoms with Crippen LogP contribution in [0.25, 0.3) is 0 Å². The summed E-state index contributed by atoms with van der Waals surface area (Å²) in [6.07, 6.45) is 1.35. The number of aryl methyl sites for hydroxylation is 1. The van der Waals surface area contributed by atoms with Crippen LogP contribution in [0, 0.1) is 6.92 Å². The lowest BCUT2D eigenvalue weighted by atomic mass is 10.2. The molecular weight excluding hydrogens is 252 g/mol. The van der Waals surface area contributed by atoms with Crippen molar-refractivity contribution in [2.45, 2.75) is 18.4 Å². The minimum Gasteiger partial charge on any atom is -0.262 e. The number of rotatable bonds is 4. The fraction of sp³-hybridized carbons (Fsp3) is 0.273. The maximum atomic E-state index is 12.2. The molecule has 0 amide bonds. The third-order valence-electron chi connectivity index (χ3n) is 2.57. The van der Waals surface area contributed by atoms with E-state index in [-0.39, 0.29) is 11.4 Å². The fourth-order valence-electron chi connectivity index (χ4n) is 1.49. The molecule has 0 aliphatic rings. The first kappa shape index (κ1) is 12.7. The molecule has 1 heterocycles. The van der Waals surface area contributed by atoms with Gasteiger partial charge in [0.2, 0.25) is 10.0 Å². The number of hydrogen-bond acceptors (Lipinski definition) is 4. The Kier molecular flexibility index (Phi) is 3.44. The highest BCUT2D eigenvalue weighted by Crippen LogP contribution is 2.16. The van der Waals surface area contributed by atoms with Crippen LogP contribution in [0.2, 0.25) is 0 Å². The predicted octanol–water partition coefficient (Wildman–Crippen LogP) is 0.934. The Morgan fingerprint density at radius 3 is 2.50 bits per heavy atom. The van der Waals surface area contributed by atoms with Gasteiger partial charge in [-0.25, -0.2) is 13.4 Å². The Hall–Kier alpha value is -1.73. The van der Waals surface area contributed by atoms with Crippen LogP contribution in [0.5, 0.6) is 0 Å². The second kappa shape index (κ2) is 4.87. The summed E-state index contributed by atoms with van der Waals surface area (Å²) >= 11 is 0. The van der Waals surface area contributed by atoms with E-state index in [2.05, 4.69) is 15.2 Å². The van der Waals surface area contributed by atoms with Gasteiger partial charge in [0, 0.05) is 7.05 Å². The first-order chi connectivity index (χ1) is 8.50. The summed E-state index contributed by atoms with van der Waals surface area (Å²) in [5.74, 6) is 0.508. The number of hydrogen-bond donors (Lipinski definition) is 1. The van der Waals surface area contributed by atoms with E-state index >= 15 is 0 Å². The highest BCUT2D eigenvalue weighted by atomic mass is 32.2. The second-order valence-corrected chi connectivity index (χ2v) is 6.05. The van der Waals surface area contributed by atoms with Crippen molar-refractivity contribution < 1.29 is 8.42 Å². The predicted molar refractivity (Wildman–Crippen MR) is 66.2 cm³/mol. The Labute approximate surface area is 106 Å². The lowest BCUT2D eigenvalue weighted by Gasteiger charge is -2.15. The van der Waals surface area contributed by atoms with Crippen molar-refractivity contribution in [3.63, 3.8) is 0 Å². The van der Waals surface area contributed by atoms with Crippen LogP contribution in [0.3, 0.4) is 0 Å². The van der Waals surface area contributed by atoms with Gasteiger partial charge in [-0.1, -0.05) is 17.7 Å². The van der Waals surface area contributed by atoms with Crippen molar-refractivity contribution in [3.05, 3.63) is 42.0 Å². The van der Waals surface area contributed by atoms with E-state index in [1.54, 1.807) is 24.3 Å². The molecule has 0 aliphatic heterocycles. The summed E-state index contributed by atoms with van der Waals surface area (Å²) in [4.78, 5) is 4.18. The van der Waals surface area contributed by atoms with Gasteiger partial charge in [-0.05, 0) is 19.1 Å². The van der Waals surface area contributed by atoms with Crippen LogP contribution in [0.4, 0.5) is 0 Å². The van der Waals surface area contributed by atoms with Gasteiger partial charge in [0.1, 0.15) is 12.2 Å². The largest absolute Gasteiger partial charge is 0.262 e. The second-order valence-electron chi connectivity index (χ2n) is 4.01. The summed E-state index contributed by atoms with van der Waals surface area (Å²) in [6, 6.07) is 6.74. The molecular formula is C11H14N4O2S. The Morgan fingerprint density at radius 2 is 1.94 bits per heavy atom. The maximum Gasteiger partial charge on any atom is 0.243 e. The number of nitrogens with zero attached hydrogens (tertiary/aromatic N) is 3. The van der Waals surface area contributed by atoms with Crippen molar-refractivity contribution in [1.82, 2.24) is 19.5 Å². The number of nitrogens with one attached hydrogen (secondary N) is 1. The van der Waals surface area contributed by atoms with Gasteiger partial charge in [-0.2, -0.15) is 9.40 Å². The smallest absolute Gasteiger partial charge is 0.243 e. The van der Waals surface area contributed by atoms with E-state index < -0.39 is 10.0 Å². The zero-order chi connectivity index (χ0) is 13.2. The molecule has 7 heteroatoms. The quantitative estimate of drug-likeness (QED) is 0.893. The van der Waals surface area contributed by atoms with Crippen LogP contribution in [-0.4, -0.2) is 35.0 Å². The summed E-state index contributed by atoms with van der Waals surface area (Å²) in [6.45, 7) is 2.07. The van der Waals surface area contributed by atoms with Crippen molar-refractivity contribution in [2.24, 2.45) is 0 Å². The normalized spacial score (nSPS) is 11.9. The molecule has 2 aromatic rings. The summed E-state index contributed by atoms with van der Waals surface area (Å²) < 4.78 is 25.7. The van der Waals surface area contributed by atoms with Gasteiger partial charge in [-0.15, -0.1) is 0 Å². The molecule has 0 aliphatic carbocycles. The molecule has 18 heavy (non-hydrogen) atoms. The number of sulfonamides is 1. The van der Waals surface area contributed by atoms with Crippen molar-refractivity contribution in [1.29, 1.82) is 0 Å². The highest BCUT2D eigenvalue weighted by Gasteiger charge is 2.21. The first-order valence-corrected chi connectivity index (χ1v) is 6.81.